The van der Waals surface area contributed by atoms with E-state index in [1.54, 1.807) is 29.3 Å². The van der Waals surface area contributed by atoms with Crippen LogP contribution in [0, 0.1) is 5.82 Å². The van der Waals surface area contributed by atoms with Crippen molar-refractivity contribution in [2.45, 2.75) is 31.8 Å². The van der Waals surface area contributed by atoms with E-state index in [0.717, 1.165) is 11.1 Å². The number of halogens is 1. The number of carbonyl (C=O) groups is 1. The molecule has 1 aliphatic rings. The first-order valence-corrected chi connectivity index (χ1v) is 10.1. The van der Waals surface area contributed by atoms with Gasteiger partial charge in [0.25, 0.3) is 5.91 Å². The van der Waals surface area contributed by atoms with Crippen LogP contribution in [0.5, 0.6) is 0 Å². The number of allylic oxidation sites excluding steroid dienone is 3. The zero-order valence-electron chi connectivity index (χ0n) is 17.2. The topological polar surface area (TPSA) is 52.9 Å². The van der Waals surface area contributed by atoms with Crippen molar-refractivity contribution in [1.29, 1.82) is 0 Å². The van der Waals surface area contributed by atoms with E-state index in [4.69, 9.17) is 0 Å². The number of rotatable bonds is 6. The molecule has 2 aromatic carbocycles. The molecule has 0 aliphatic carbocycles. The molecule has 1 N–H and O–H groups in total. The van der Waals surface area contributed by atoms with Gasteiger partial charge in [-0.25, -0.2) is 4.39 Å². The third kappa shape index (κ3) is 4.92. The molecule has 0 unspecified atom stereocenters. The van der Waals surface area contributed by atoms with Crippen molar-refractivity contribution in [2.75, 3.05) is 13.1 Å². The minimum Gasteiger partial charge on any atom is -0.389 e. The van der Waals surface area contributed by atoms with Crippen LogP contribution < -0.4 is 0 Å². The molecule has 1 heterocycles. The maximum Gasteiger partial charge on any atom is 0.254 e. The normalized spacial score (nSPS) is 16.6. The average Bonchev–Trinajstić information content (AvgIpc) is 2.76. The Hall–Kier alpha value is -3.05. The average molecular weight is 407 g/mol. The Kier molecular flexibility index (Phi) is 6.95. The predicted molar refractivity (Wildman–Crippen MR) is 119 cm³/mol. The second-order valence-electron chi connectivity index (χ2n) is 7.57. The highest BCUT2D eigenvalue weighted by atomic mass is 19.1. The van der Waals surface area contributed by atoms with Gasteiger partial charge in [-0.3, -0.25) is 9.79 Å². The van der Waals surface area contributed by atoms with Crippen LogP contribution in [-0.4, -0.2) is 41.3 Å². The first-order chi connectivity index (χ1) is 14.5. The fourth-order valence-corrected chi connectivity index (χ4v) is 3.87. The largest absolute Gasteiger partial charge is 0.389 e. The molecule has 1 fully saturated rings. The molecule has 2 aromatic rings. The summed E-state index contributed by atoms with van der Waals surface area (Å²) < 4.78 is 14.0. The lowest BCUT2D eigenvalue weighted by Gasteiger charge is -2.38. The molecule has 0 spiro atoms. The highest BCUT2D eigenvalue weighted by Crippen LogP contribution is 2.29. The molecule has 0 aromatic heterocycles. The number of nitrogens with zero attached hydrogens (tertiary/aromatic N) is 2. The lowest BCUT2D eigenvalue weighted by Crippen LogP contribution is -2.48. The van der Waals surface area contributed by atoms with Gasteiger partial charge >= 0.3 is 0 Å². The maximum atomic E-state index is 14.0. The molecule has 0 radical (unpaired) electrons. The summed E-state index contributed by atoms with van der Waals surface area (Å²) in [5.74, 6) is -0.378. The Balaban J connectivity index is 1.74. The summed E-state index contributed by atoms with van der Waals surface area (Å²) in [6, 6.07) is 14.0. The van der Waals surface area contributed by atoms with E-state index in [-0.39, 0.29) is 18.1 Å². The predicted octanol–water partition coefficient (Wildman–Crippen LogP) is 4.65. The standard InChI is InChI=1S/C25H27FN2O2/c1-3-19(12-15-27-2)21-9-5-6-10-22(21)24(29)28-16-13-25(30,14-17-28)18-20-8-4-7-11-23(20)26/h3-12,15,30H,2,13-14,16-18H2,1H3/b15-12-,19-3+. The molecular weight excluding hydrogens is 379 g/mol. The maximum absolute atomic E-state index is 14.0. The van der Waals surface area contributed by atoms with E-state index >= 15 is 0 Å². The second-order valence-corrected chi connectivity index (χ2v) is 7.57. The van der Waals surface area contributed by atoms with Crippen molar-refractivity contribution in [2.24, 2.45) is 4.99 Å². The van der Waals surface area contributed by atoms with Crippen molar-refractivity contribution in [3.05, 3.63) is 89.4 Å². The number of aliphatic hydroxyl groups is 1. The smallest absolute Gasteiger partial charge is 0.254 e. The van der Waals surface area contributed by atoms with Gasteiger partial charge in [-0.05, 0) is 61.4 Å². The zero-order valence-corrected chi connectivity index (χ0v) is 17.2. The van der Waals surface area contributed by atoms with Gasteiger partial charge in [0.15, 0.2) is 0 Å². The van der Waals surface area contributed by atoms with Crippen LogP contribution >= 0.6 is 0 Å². The first-order valence-electron chi connectivity index (χ1n) is 10.1. The van der Waals surface area contributed by atoms with Gasteiger partial charge in [0.1, 0.15) is 5.82 Å². The number of amides is 1. The Labute approximate surface area is 177 Å². The monoisotopic (exact) mass is 406 g/mol. The van der Waals surface area contributed by atoms with Crippen molar-refractivity contribution in [1.82, 2.24) is 4.90 Å². The number of piperidine rings is 1. The highest BCUT2D eigenvalue weighted by Gasteiger charge is 2.35. The van der Waals surface area contributed by atoms with E-state index in [1.165, 1.54) is 6.07 Å². The second kappa shape index (κ2) is 9.63. The lowest BCUT2D eigenvalue weighted by atomic mass is 9.85. The molecule has 1 amide bonds. The number of aliphatic imine (C=N–C) groups is 1. The minimum atomic E-state index is -1.01. The van der Waals surface area contributed by atoms with Gasteiger partial charge in [0, 0.05) is 31.3 Å². The van der Waals surface area contributed by atoms with Crippen LogP contribution in [-0.2, 0) is 6.42 Å². The van der Waals surface area contributed by atoms with Crippen molar-refractivity contribution >= 4 is 18.2 Å². The fraction of sp³-hybridized carbons (Fsp3) is 0.280. The summed E-state index contributed by atoms with van der Waals surface area (Å²) in [4.78, 5) is 18.7. The van der Waals surface area contributed by atoms with Crippen molar-refractivity contribution < 1.29 is 14.3 Å². The summed E-state index contributed by atoms with van der Waals surface area (Å²) in [6.07, 6.45) is 6.41. The highest BCUT2D eigenvalue weighted by molar-refractivity contribution is 6.00. The van der Waals surface area contributed by atoms with Gasteiger partial charge in [-0.2, -0.15) is 0 Å². The quantitative estimate of drug-likeness (QED) is 0.561. The van der Waals surface area contributed by atoms with E-state index in [9.17, 15) is 14.3 Å². The lowest BCUT2D eigenvalue weighted by molar-refractivity contribution is -0.0167. The Morgan fingerprint density at radius 1 is 1.17 bits per heavy atom. The van der Waals surface area contributed by atoms with Crippen LogP contribution in [0.4, 0.5) is 4.39 Å². The molecule has 1 saturated heterocycles. The van der Waals surface area contributed by atoms with Gasteiger partial charge in [0.05, 0.1) is 5.60 Å². The van der Waals surface area contributed by atoms with Crippen molar-refractivity contribution in [3.8, 4) is 0 Å². The van der Waals surface area contributed by atoms with E-state index in [0.29, 0.717) is 37.1 Å². The molecule has 4 nitrogen and oxygen atoms in total. The van der Waals surface area contributed by atoms with Gasteiger partial charge in [-0.15, -0.1) is 0 Å². The minimum absolute atomic E-state index is 0.0714. The van der Waals surface area contributed by atoms with Crippen LogP contribution in [0.1, 0.15) is 41.3 Å². The summed E-state index contributed by atoms with van der Waals surface area (Å²) in [5.41, 5.74) is 1.83. The first kappa shape index (κ1) is 21.7. The van der Waals surface area contributed by atoms with Crippen molar-refractivity contribution in [3.63, 3.8) is 0 Å². The van der Waals surface area contributed by atoms with Crippen LogP contribution in [0.3, 0.4) is 0 Å². The van der Waals surface area contributed by atoms with E-state index in [2.05, 4.69) is 11.7 Å². The molecule has 5 heteroatoms. The number of hydrogen-bond acceptors (Lipinski definition) is 3. The Morgan fingerprint density at radius 3 is 2.43 bits per heavy atom. The molecule has 0 bridgehead atoms. The fourth-order valence-electron chi connectivity index (χ4n) is 3.87. The Morgan fingerprint density at radius 2 is 1.80 bits per heavy atom. The van der Waals surface area contributed by atoms with E-state index < -0.39 is 5.60 Å². The third-order valence-corrected chi connectivity index (χ3v) is 5.60. The summed E-state index contributed by atoms with van der Waals surface area (Å²) in [6.45, 7) is 6.21. The molecule has 156 valence electrons. The molecular formula is C25H27FN2O2. The summed E-state index contributed by atoms with van der Waals surface area (Å²) in [7, 11) is 0. The summed E-state index contributed by atoms with van der Waals surface area (Å²) >= 11 is 0. The Bertz CT molecular complexity index is 973. The molecule has 0 saturated carbocycles. The van der Waals surface area contributed by atoms with Gasteiger partial charge in [-0.1, -0.05) is 42.5 Å². The summed E-state index contributed by atoms with van der Waals surface area (Å²) in [5, 5.41) is 11.0. The third-order valence-electron chi connectivity index (χ3n) is 5.60. The van der Waals surface area contributed by atoms with E-state index in [1.807, 2.05) is 43.3 Å². The molecule has 3 rings (SSSR count). The van der Waals surface area contributed by atoms with Crippen LogP contribution in [0.25, 0.3) is 5.57 Å². The number of benzene rings is 2. The number of likely N-dealkylation sites (tertiary alicyclic amines) is 1. The SMILES string of the molecule is C=N/C=C\C(=C/C)c1ccccc1C(=O)N1CCC(O)(Cc2ccccc2F)CC1. The van der Waals surface area contributed by atoms with Gasteiger partial charge in [0.2, 0.25) is 0 Å². The molecule has 30 heavy (non-hydrogen) atoms. The molecule has 1 aliphatic heterocycles. The van der Waals surface area contributed by atoms with Crippen LogP contribution in [0.15, 0.2) is 71.9 Å². The van der Waals surface area contributed by atoms with Gasteiger partial charge < -0.3 is 10.0 Å². The zero-order chi connectivity index (χ0) is 21.6. The molecule has 0 atom stereocenters. The number of hydrogen-bond donors (Lipinski definition) is 1. The van der Waals surface area contributed by atoms with Crippen LogP contribution in [0.2, 0.25) is 0 Å². The number of carbonyl (C=O) groups excluding carboxylic acids is 1.